The van der Waals surface area contributed by atoms with Crippen LogP contribution in [0.3, 0.4) is 0 Å². The van der Waals surface area contributed by atoms with Crippen molar-refractivity contribution in [2.75, 3.05) is 79.1 Å². The highest BCUT2D eigenvalue weighted by molar-refractivity contribution is 7.47. The molecule has 1 aromatic carbocycles. The number of carbonyl (C=O) groups excluding carboxylic acids is 7. The second-order valence-electron chi connectivity index (χ2n) is 34.9. The molecule has 0 aromatic heterocycles. The van der Waals surface area contributed by atoms with E-state index in [-0.39, 0.29) is 127 Å². The third kappa shape index (κ3) is 78.4. The van der Waals surface area contributed by atoms with Gasteiger partial charge in [-0.3, -0.25) is 56.5 Å². The number of rotatable bonds is 95. The Balaban J connectivity index is 3.35. The van der Waals surface area contributed by atoms with Crippen LogP contribution >= 0.6 is 15.6 Å². The van der Waals surface area contributed by atoms with Crippen LogP contribution in [0.2, 0.25) is 0 Å². The first-order valence-electron chi connectivity index (χ1n) is 51.0. The Kier molecular flexibility index (Phi) is 81.4. The van der Waals surface area contributed by atoms with Crippen molar-refractivity contribution in [2.45, 2.75) is 445 Å². The number of ether oxygens (including phenoxy) is 5. The zero-order valence-electron chi connectivity index (χ0n) is 81.2. The lowest BCUT2D eigenvalue weighted by Gasteiger charge is -2.22. The molecule has 0 radical (unpaired) electrons. The van der Waals surface area contributed by atoms with Crippen molar-refractivity contribution in [3.8, 4) is 5.75 Å². The summed E-state index contributed by atoms with van der Waals surface area (Å²) in [6, 6.07) is 4.74. The topological polar surface area (TPSA) is 375 Å². The van der Waals surface area contributed by atoms with Gasteiger partial charge in [0.15, 0.2) is 0 Å². The van der Waals surface area contributed by atoms with Crippen molar-refractivity contribution in [1.29, 1.82) is 0 Å². The molecule has 0 aliphatic heterocycles. The number of aliphatic carboxylic acids is 1. The standard InChI is InChI=1S/C100H181N5O22P2/c1-7-13-19-25-29-33-35-39-41-47-53-62-94(107)104-87(82-119-76-71-90(59-51-45-23-17-11-5)126-97(111)65-55-49-43-37-31-27-21-15-9-3)84-124-128(115,116)122-79-74-102-99(113)92(81-86-67-69-89(70-68-86)121-78-73-101-93(106)61-57-58-64-96(109)110)100(114)103-75-80-123-129(117,118)125-85-88(105-95(108)63-54-48-42-40-36-34-30-26-20-14-8-2)83-120-77-72-91(60-52-46-24-18-12-6)127-98(112)66-56-50-44-38-32-28-22-16-10-4/h37-38,43-44,67-70,87-88,90-92H,7-36,39-42,45-66,71-85H2,1-6H3,(H,101,106)(H,102,113)(H,103,114)(H,104,107)(H,105,108)(H,109,110)(H,115,116)(H,117,118)/b43-37-,44-38-/t87?,88?,90-,91-,92?/m1/s1. The molecule has 1 aromatic rings. The molecule has 0 fully saturated rings. The Hall–Kier alpha value is -5.60. The monoisotopic (exact) mass is 1870 g/mol. The third-order valence-corrected chi connectivity index (χ3v) is 24.6. The van der Waals surface area contributed by atoms with Crippen LogP contribution < -0.4 is 31.3 Å². The summed E-state index contributed by atoms with van der Waals surface area (Å²) < 4.78 is 79.0. The minimum absolute atomic E-state index is 0.0274. The number of allylic oxidation sites excluding steroid dienone is 4. The van der Waals surface area contributed by atoms with Crippen molar-refractivity contribution >= 4 is 63.1 Å². The Morgan fingerprint density at radius 3 is 1.05 bits per heavy atom. The van der Waals surface area contributed by atoms with E-state index in [4.69, 9.17) is 46.9 Å². The zero-order valence-corrected chi connectivity index (χ0v) is 83.0. The predicted molar refractivity (Wildman–Crippen MR) is 515 cm³/mol. The van der Waals surface area contributed by atoms with Crippen LogP contribution in [0.5, 0.6) is 5.75 Å². The van der Waals surface area contributed by atoms with E-state index in [0.717, 1.165) is 154 Å². The van der Waals surface area contributed by atoms with Crippen LogP contribution in [0.25, 0.3) is 0 Å². The average molecular weight is 1870 g/mol. The predicted octanol–water partition coefficient (Wildman–Crippen LogP) is 22.6. The molecule has 0 bridgehead atoms. The van der Waals surface area contributed by atoms with Crippen LogP contribution in [-0.4, -0.2) is 166 Å². The van der Waals surface area contributed by atoms with Gasteiger partial charge in [-0.05, 0) is 127 Å². The molecule has 1 rings (SSSR count). The molecular weight excluding hydrogens is 1690 g/mol. The number of carbonyl (C=O) groups is 8. The van der Waals surface area contributed by atoms with E-state index in [1.54, 1.807) is 24.3 Å². The van der Waals surface area contributed by atoms with Crippen LogP contribution in [0.1, 0.15) is 420 Å². The maximum atomic E-state index is 14.2. The quantitative estimate of drug-likeness (QED) is 0.00987. The van der Waals surface area contributed by atoms with Crippen LogP contribution in [0.15, 0.2) is 48.6 Å². The largest absolute Gasteiger partial charge is 0.492 e. The SMILES string of the molecule is CCCCCC/C=C\CCCC(=O)O[C@H](CCCCCCC)CCOCC(COP(=O)(O)OCCNC(=O)C(Cc1ccc(OCCNC(=O)CCCCC(=O)O)cc1)C(=O)NCCOP(=O)(O)OCC(COCC[C@@H](CCCCCCC)OC(=O)CCC/C=C\CCCCCC)NC(=O)CCCCCCCCCCCCC)NC(=O)CCCCCCCCCCCCC. The number of hydrogen-bond acceptors (Lipinski definition) is 19. The summed E-state index contributed by atoms with van der Waals surface area (Å²) in [5.74, 6) is -4.93. The fourth-order valence-electron chi connectivity index (χ4n) is 14.8. The van der Waals surface area contributed by atoms with E-state index in [1.807, 2.05) is 0 Å². The van der Waals surface area contributed by atoms with E-state index in [2.05, 4.69) is 92.4 Å². The molecular formula is C100H181N5O22P2. The molecule has 0 saturated heterocycles. The van der Waals surface area contributed by atoms with Crippen LogP contribution in [-0.2, 0) is 90.9 Å². The van der Waals surface area contributed by atoms with E-state index in [9.17, 15) is 57.3 Å². The maximum Gasteiger partial charge on any atom is 0.472 e. The van der Waals surface area contributed by atoms with Crippen molar-refractivity contribution < 1.29 is 104 Å². The number of carboxylic acids is 1. The number of nitrogens with one attached hydrogen (secondary N) is 5. The molecule has 748 valence electrons. The molecule has 129 heavy (non-hydrogen) atoms. The second-order valence-corrected chi connectivity index (χ2v) is 37.8. The molecule has 29 heteroatoms. The minimum atomic E-state index is -4.89. The van der Waals surface area contributed by atoms with Gasteiger partial charge in [0, 0.05) is 64.5 Å². The van der Waals surface area contributed by atoms with E-state index >= 15 is 0 Å². The average Bonchev–Trinajstić information content (AvgIpc) is 0.858. The lowest BCUT2D eigenvalue weighted by atomic mass is 9.97. The van der Waals surface area contributed by atoms with Gasteiger partial charge in [0.05, 0.1) is 71.5 Å². The second kappa shape index (κ2) is 86.5. The molecule has 0 saturated carbocycles. The summed E-state index contributed by atoms with van der Waals surface area (Å²) in [7, 11) is -9.77. The summed E-state index contributed by atoms with van der Waals surface area (Å²) in [6.45, 7) is 10.7. The number of phosphoric ester groups is 2. The van der Waals surface area contributed by atoms with Gasteiger partial charge in [0.25, 0.3) is 0 Å². The maximum absolute atomic E-state index is 14.2. The number of esters is 2. The lowest BCUT2D eigenvalue weighted by Crippen LogP contribution is -2.44. The van der Waals surface area contributed by atoms with Gasteiger partial charge in [0.2, 0.25) is 29.5 Å². The molecule has 5 amide bonds. The smallest absolute Gasteiger partial charge is 0.472 e. The number of unbranched alkanes of at least 4 members (excludes halogenated alkanes) is 39. The first kappa shape index (κ1) is 121. The van der Waals surface area contributed by atoms with Crippen molar-refractivity contribution in [3.05, 3.63) is 54.1 Å². The highest BCUT2D eigenvalue weighted by atomic mass is 31.2. The summed E-state index contributed by atoms with van der Waals surface area (Å²) in [6.07, 6.45) is 61.3. The molecule has 6 atom stereocenters. The van der Waals surface area contributed by atoms with Crippen LogP contribution in [0.4, 0.5) is 0 Å². The number of carboxylic acid groups (broad SMARTS) is 1. The van der Waals surface area contributed by atoms with E-state index in [0.29, 0.717) is 88.4 Å². The van der Waals surface area contributed by atoms with Crippen LogP contribution in [0, 0.1) is 5.92 Å². The Morgan fingerprint density at radius 1 is 0.341 bits per heavy atom. The first-order valence-corrected chi connectivity index (χ1v) is 54.0. The Bertz CT molecular complexity index is 2940. The molecule has 0 aliphatic rings. The Labute approximate surface area is 779 Å². The van der Waals surface area contributed by atoms with Gasteiger partial charge in [0.1, 0.15) is 30.5 Å². The summed E-state index contributed by atoms with van der Waals surface area (Å²) in [4.78, 5) is 127. The molecule has 8 N–H and O–H groups in total. The van der Waals surface area contributed by atoms with Crippen molar-refractivity contribution in [2.24, 2.45) is 5.92 Å². The summed E-state index contributed by atoms with van der Waals surface area (Å²) >= 11 is 0. The van der Waals surface area contributed by atoms with E-state index < -0.39 is 77.9 Å². The molecule has 0 heterocycles. The Morgan fingerprint density at radius 2 is 0.667 bits per heavy atom. The normalized spacial score (nSPS) is 13.7. The zero-order chi connectivity index (χ0) is 94.4. The lowest BCUT2D eigenvalue weighted by molar-refractivity contribution is -0.151. The van der Waals surface area contributed by atoms with Gasteiger partial charge in [-0.15, -0.1) is 0 Å². The number of phosphoric acid groups is 2. The number of hydrogen-bond donors (Lipinski definition) is 8. The highest BCUT2D eigenvalue weighted by Gasteiger charge is 2.31. The third-order valence-electron chi connectivity index (χ3n) is 22.6. The fraction of sp³-hybridized carbons (Fsp3) is 0.820. The van der Waals surface area contributed by atoms with Gasteiger partial charge >= 0.3 is 33.6 Å². The van der Waals surface area contributed by atoms with Crippen molar-refractivity contribution in [3.63, 3.8) is 0 Å². The first-order chi connectivity index (χ1) is 62.6. The number of amides is 5. The van der Waals surface area contributed by atoms with Gasteiger partial charge in [-0.25, -0.2) is 9.13 Å². The van der Waals surface area contributed by atoms with E-state index in [1.165, 1.54) is 116 Å². The van der Waals surface area contributed by atoms with Gasteiger partial charge in [-0.2, -0.15) is 0 Å². The molecule has 4 unspecified atom stereocenters. The molecule has 27 nitrogen and oxygen atoms in total. The van der Waals surface area contributed by atoms with Crippen molar-refractivity contribution in [1.82, 2.24) is 26.6 Å². The summed E-state index contributed by atoms with van der Waals surface area (Å²) in [5, 5.41) is 22.7. The number of benzene rings is 1. The molecule has 0 aliphatic carbocycles. The minimum Gasteiger partial charge on any atom is -0.492 e. The summed E-state index contributed by atoms with van der Waals surface area (Å²) in [5.41, 5.74) is 0.507. The molecule has 0 spiro atoms. The van der Waals surface area contributed by atoms with Gasteiger partial charge < -0.3 is 65.2 Å². The fourth-order valence-corrected chi connectivity index (χ4v) is 16.3. The highest BCUT2D eigenvalue weighted by Crippen LogP contribution is 2.44. The van der Waals surface area contributed by atoms with Gasteiger partial charge in [-0.1, -0.05) is 296 Å².